The second-order valence-electron chi connectivity index (χ2n) is 3.15. The molecule has 3 nitrogen and oxygen atoms in total. The molecular weight excluding hydrogens is 176 g/mol. The van der Waals surface area contributed by atoms with Crippen LogP contribution in [0.1, 0.15) is 13.8 Å². The predicted molar refractivity (Wildman–Crippen MR) is 59.3 cm³/mol. The van der Waals surface area contributed by atoms with Crippen LogP contribution in [-0.4, -0.2) is 24.7 Å². The Hall–Kier alpha value is -1.22. The molecule has 0 aliphatic heterocycles. The van der Waals surface area contributed by atoms with Crippen LogP contribution >= 0.6 is 0 Å². The Balaban J connectivity index is 2.44. The molecule has 0 fully saturated rings. The van der Waals surface area contributed by atoms with Gasteiger partial charge in [-0.25, -0.2) is 0 Å². The average molecular weight is 194 g/mol. The minimum Gasteiger partial charge on any atom is -0.478 e. The summed E-state index contributed by atoms with van der Waals surface area (Å²) in [6.07, 6.45) is 0. The summed E-state index contributed by atoms with van der Waals surface area (Å²) in [5.41, 5.74) is 6.37. The third kappa shape index (κ3) is 3.26. The molecule has 0 amide bonds. The minimum atomic E-state index is 0.621. The van der Waals surface area contributed by atoms with Gasteiger partial charge in [-0.05, 0) is 25.2 Å². The van der Waals surface area contributed by atoms with Gasteiger partial charge in [0.05, 0.1) is 0 Å². The molecule has 0 saturated carbocycles. The molecule has 0 bridgehead atoms. The number of ether oxygens (including phenoxy) is 1. The summed E-state index contributed by atoms with van der Waals surface area (Å²) in [6.45, 7) is 6.85. The fourth-order valence-corrected chi connectivity index (χ4v) is 1.18. The lowest BCUT2D eigenvalue weighted by atomic mass is 10.3. The van der Waals surface area contributed by atoms with Crippen molar-refractivity contribution in [3.63, 3.8) is 0 Å². The zero-order chi connectivity index (χ0) is 10.4. The molecule has 78 valence electrons. The number of hydrogen-bond donors (Lipinski definition) is 1. The molecule has 2 N–H and O–H groups in total. The number of benzene rings is 1. The van der Waals surface area contributed by atoms with Crippen LogP contribution in [0.5, 0.6) is 5.75 Å². The molecule has 0 aromatic heterocycles. The summed E-state index contributed by atoms with van der Waals surface area (Å²) < 4.78 is 5.58. The van der Waals surface area contributed by atoms with Crippen molar-refractivity contribution < 1.29 is 4.74 Å². The van der Waals surface area contributed by atoms with Crippen LogP contribution in [0.25, 0.3) is 0 Å². The van der Waals surface area contributed by atoms with E-state index >= 15 is 0 Å². The van der Waals surface area contributed by atoms with Crippen LogP contribution in [0.2, 0.25) is 0 Å². The second-order valence-corrected chi connectivity index (χ2v) is 3.15. The fourth-order valence-electron chi connectivity index (χ4n) is 1.18. The molecule has 14 heavy (non-hydrogen) atoms. The zero-order valence-corrected chi connectivity index (χ0v) is 8.86. The smallest absolute Gasteiger partial charge is 0.142 e. The lowest BCUT2D eigenvalue weighted by molar-refractivity contribution is 0.137. The van der Waals surface area contributed by atoms with Gasteiger partial charge in [0, 0.05) is 11.8 Å². The van der Waals surface area contributed by atoms with Gasteiger partial charge < -0.3 is 10.5 Å². The first-order valence-corrected chi connectivity index (χ1v) is 4.97. The summed E-state index contributed by atoms with van der Waals surface area (Å²) in [7, 11) is 0. The topological polar surface area (TPSA) is 38.5 Å². The standard InChI is InChI=1S/C11H18N2O/c1-3-13(4-2)9-14-11-7-5-6-10(12)8-11/h5-8H,3-4,9,12H2,1-2H3. The summed E-state index contributed by atoms with van der Waals surface area (Å²) in [6, 6.07) is 7.50. The molecule has 0 aliphatic rings. The van der Waals surface area contributed by atoms with E-state index in [2.05, 4.69) is 18.7 Å². The van der Waals surface area contributed by atoms with Gasteiger partial charge in [0.25, 0.3) is 0 Å². The second kappa shape index (κ2) is 5.50. The van der Waals surface area contributed by atoms with E-state index < -0.39 is 0 Å². The highest BCUT2D eigenvalue weighted by atomic mass is 16.5. The van der Waals surface area contributed by atoms with E-state index in [1.165, 1.54) is 0 Å². The van der Waals surface area contributed by atoms with Gasteiger partial charge in [-0.15, -0.1) is 0 Å². The maximum atomic E-state index is 5.64. The van der Waals surface area contributed by atoms with Crippen molar-refractivity contribution >= 4 is 5.69 Å². The minimum absolute atomic E-state index is 0.621. The van der Waals surface area contributed by atoms with Crippen molar-refractivity contribution in [2.24, 2.45) is 0 Å². The highest BCUT2D eigenvalue weighted by Gasteiger charge is 1.99. The highest BCUT2D eigenvalue weighted by Crippen LogP contribution is 2.14. The van der Waals surface area contributed by atoms with Gasteiger partial charge in [0.1, 0.15) is 12.5 Å². The van der Waals surface area contributed by atoms with Crippen molar-refractivity contribution in [3.8, 4) is 5.75 Å². The number of anilines is 1. The van der Waals surface area contributed by atoms with Gasteiger partial charge in [-0.1, -0.05) is 19.9 Å². The van der Waals surface area contributed by atoms with Crippen LogP contribution < -0.4 is 10.5 Å². The van der Waals surface area contributed by atoms with E-state index in [4.69, 9.17) is 10.5 Å². The zero-order valence-electron chi connectivity index (χ0n) is 8.86. The Morgan fingerprint density at radius 1 is 1.29 bits per heavy atom. The van der Waals surface area contributed by atoms with Crippen LogP contribution in [0, 0.1) is 0 Å². The van der Waals surface area contributed by atoms with E-state index in [9.17, 15) is 0 Å². The van der Waals surface area contributed by atoms with E-state index in [1.807, 2.05) is 24.3 Å². The first-order valence-electron chi connectivity index (χ1n) is 4.97. The van der Waals surface area contributed by atoms with Gasteiger partial charge in [0.15, 0.2) is 0 Å². The fraction of sp³-hybridized carbons (Fsp3) is 0.455. The molecule has 0 atom stereocenters. The Morgan fingerprint density at radius 3 is 2.57 bits per heavy atom. The van der Waals surface area contributed by atoms with E-state index in [0.29, 0.717) is 6.73 Å². The molecule has 0 heterocycles. The lowest BCUT2D eigenvalue weighted by Gasteiger charge is -2.18. The molecule has 0 unspecified atom stereocenters. The monoisotopic (exact) mass is 194 g/mol. The van der Waals surface area contributed by atoms with Crippen molar-refractivity contribution in [3.05, 3.63) is 24.3 Å². The Bertz CT molecular complexity index is 272. The SMILES string of the molecule is CCN(CC)COc1cccc(N)c1. The maximum absolute atomic E-state index is 5.64. The Kier molecular flexibility index (Phi) is 4.26. The predicted octanol–water partition coefficient (Wildman–Crippen LogP) is 1.95. The molecule has 3 heteroatoms. The van der Waals surface area contributed by atoms with Crippen LogP contribution in [0.4, 0.5) is 5.69 Å². The van der Waals surface area contributed by atoms with Gasteiger partial charge >= 0.3 is 0 Å². The quantitative estimate of drug-likeness (QED) is 0.575. The molecule has 0 radical (unpaired) electrons. The average Bonchev–Trinajstić information content (AvgIpc) is 2.19. The van der Waals surface area contributed by atoms with Gasteiger partial charge in [0.2, 0.25) is 0 Å². The Morgan fingerprint density at radius 2 is 2.00 bits per heavy atom. The molecule has 0 saturated heterocycles. The molecular formula is C11H18N2O. The van der Waals surface area contributed by atoms with Crippen molar-refractivity contribution in [1.82, 2.24) is 4.90 Å². The van der Waals surface area contributed by atoms with E-state index in [1.54, 1.807) is 0 Å². The number of rotatable bonds is 5. The van der Waals surface area contributed by atoms with Gasteiger partial charge in [-0.3, -0.25) is 4.90 Å². The number of hydrogen-bond acceptors (Lipinski definition) is 3. The first kappa shape index (κ1) is 10.9. The van der Waals surface area contributed by atoms with Crippen molar-refractivity contribution in [2.75, 3.05) is 25.6 Å². The van der Waals surface area contributed by atoms with Crippen LogP contribution in [-0.2, 0) is 0 Å². The van der Waals surface area contributed by atoms with Gasteiger partial charge in [-0.2, -0.15) is 0 Å². The number of nitrogens with zero attached hydrogens (tertiary/aromatic N) is 1. The summed E-state index contributed by atoms with van der Waals surface area (Å²) >= 11 is 0. The Labute approximate surface area is 85.5 Å². The van der Waals surface area contributed by atoms with Crippen molar-refractivity contribution in [1.29, 1.82) is 0 Å². The molecule has 1 aromatic rings. The molecule has 1 rings (SSSR count). The maximum Gasteiger partial charge on any atom is 0.142 e. The normalized spacial score (nSPS) is 10.5. The van der Waals surface area contributed by atoms with Crippen LogP contribution in [0.15, 0.2) is 24.3 Å². The third-order valence-electron chi connectivity index (χ3n) is 2.17. The van der Waals surface area contributed by atoms with E-state index in [0.717, 1.165) is 24.5 Å². The first-order chi connectivity index (χ1) is 6.76. The largest absolute Gasteiger partial charge is 0.478 e. The lowest BCUT2D eigenvalue weighted by Crippen LogP contribution is -2.27. The number of nitrogen functional groups attached to an aromatic ring is 1. The van der Waals surface area contributed by atoms with Crippen LogP contribution in [0.3, 0.4) is 0 Å². The van der Waals surface area contributed by atoms with Crippen molar-refractivity contribution in [2.45, 2.75) is 13.8 Å². The summed E-state index contributed by atoms with van der Waals surface area (Å²) in [4.78, 5) is 2.20. The molecule has 0 aliphatic carbocycles. The molecule has 1 aromatic carbocycles. The summed E-state index contributed by atoms with van der Waals surface area (Å²) in [5, 5.41) is 0. The highest BCUT2D eigenvalue weighted by molar-refractivity contribution is 5.43. The molecule has 0 spiro atoms. The summed E-state index contributed by atoms with van der Waals surface area (Å²) in [5.74, 6) is 0.830. The van der Waals surface area contributed by atoms with E-state index in [-0.39, 0.29) is 0 Å². The number of nitrogens with two attached hydrogens (primary N) is 1. The third-order valence-corrected chi connectivity index (χ3v) is 2.17.